The Kier molecular flexibility index (Phi) is 6.37. The molecule has 1 aromatic heterocycles. The van der Waals surface area contributed by atoms with Gasteiger partial charge in [0.05, 0.1) is 11.2 Å². The van der Waals surface area contributed by atoms with Gasteiger partial charge >= 0.3 is 0 Å². The van der Waals surface area contributed by atoms with Gasteiger partial charge in [-0.25, -0.2) is 0 Å². The van der Waals surface area contributed by atoms with Gasteiger partial charge in [0.25, 0.3) is 0 Å². The molecule has 19 heavy (non-hydrogen) atoms. The third-order valence-corrected chi connectivity index (χ3v) is 3.53. The fourth-order valence-electron chi connectivity index (χ4n) is 2.32. The molecule has 1 heterocycles. The van der Waals surface area contributed by atoms with E-state index in [0.29, 0.717) is 13.1 Å². The van der Waals surface area contributed by atoms with Crippen molar-refractivity contribution >= 4 is 0 Å². The van der Waals surface area contributed by atoms with Crippen molar-refractivity contribution in [3.8, 4) is 0 Å². The highest BCUT2D eigenvalue weighted by molar-refractivity contribution is 5.05. The topological polar surface area (TPSA) is 60.6 Å². The molecule has 108 valence electrons. The first-order valence-corrected chi connectivity index (χ1v) is 6.53. The summed E-state index contributed by atoms with van der Waals surface area (Å²) in [6, 6.07) is 5.91. The fourth-order valence-corrected chi connectivity index (χ4v) is 2.32. The first kappa shape index (κ1) is 16.0. The van der Waals surface area contributed by atoms with Crippen LogP contribution in [-0.2, 0) is 16.0 Å². The fraction of sp³-hybridized carbons (Fsp3) is 0.643. The minimum Gasteiger partial charge on any atom is -0.354 e. The molecule has 5 heteroatoms. The molecule has 0 bridgehead atoms. The largest absolute Gasteiger partial charge is 0.354 e. The number of likely N-dealkylation sites (N-methyl/N-ethyl adjacent to an activating group) is 1. The van der Waals surface area contributed by atoms with Crippen molar-refractivity contribution in [1.29, 1.82) is 0 Å². The Morgan fingerprint density at radius 1 is 1.37 bits per heavy atom. The van der Waals surface area contributed by atoms with Crippen LogP contribution >= 0.6 is 0 Å². The maximum Gasteiger partial charge on any atom is 0.176 e. The lowest BCUT2D eigenvalue weighted by molar-refractivity contribution is -0.182. The molecule has 0 spiro atoms. The molecule has 1 rings (SSSR count). The summed E-state index contributed by atoms with van der Waals surface area (Å²) in [6.45, 7) is 6.15. The number of hydrogen-bond acceptors (Lipinski definition) is 5. The summed E-state index contributed by atoms with van der Waals surface area (Å²) < 4.78 is 10.8. The number of hydrogen-bond donors (Lipinski definition) is 1. The minimum absolute atomic E-state index is 0.374. The number of rotatable bonds is 8. The Hall–Kier alpha value is -1.01. The summed E-state index contributed by atoms with van der Waals surface area (Å²) >= 11 is 0. The van der Waals surface area contributed by atoms with Crippen LogP contribution in [0.1, 0.15) is 19.5 Å². The van der Waals surface area contributed by atoms with Crippen molar-refractivity contribution in [1.82, 2.24) is 9.88 Å². The molecule has 0 aliphatic rings. The summed E-state index contributed by atoms with van der Waals surface area (Å²) in [4.78, 5) is 6.59. The van der Waals surface area contributed by atoms with Gasteiger partial charge in [-0.15, -0.1) is 0 Å². The van der Waals surface area contributed by atoms with Crippen molar-refractivity contribution < 1.29 is 9.47 Å². The zero-order chi connectivity index (χ0) is 14.3. The van der Waals surface area contributed by atoms with Crippen LogP contribution in [0.5, 0.6) is 0 Å². The van der Waals surface area contributed by atoms with E-state index in [0.717, 1.165) is 12.2 Å². The smallest absolute Gasteiger partial charge is 0.176 e. The lowest BCUT2D eigenvalue weighted by Gasteiger charge is -2.43. The van der Waals surface area contributed by atoms with Crippen molar-refractivity contribution in [2.45, 2.75) is 32.2 Å². The highest BCUT2D eigenvalue weighted by Gasteiger charge is 2.39. The van der Waals surface area contributed by atoms with Gasteiger partial charge in [0.1, 0.15) is 0 Å². The van der Waals surface area contributed by atoms with E-state index in [1.165, 1.54) is 0 Å². The number of pyridine rings is 1. The van der Waals surface area contributed by atoms with Crippen molar-refractivity contribution in [2.75, 3.05) is 27.3 Å². The average Bonchev–Trinajstić information content (AvgIpc) is 2.46. The second-order valence-corrected chi connectivity index (χ2v) is 4.70. The van der Waals surface area contributed by atoms with Gasteiger partial charge in [0, 0.05) is 33.5 Å². The third-order valence-electron chi connectivity index (χ3n) is 3.53. The zero-order valence-corrected chi connectivity index (χ0v) is 12.3. The third kappa shape index (κ3) is 3.73. The monoisotopic (exact) mass is 267 g/mol. The summed E-state index contributed by atoms with van der Waals surface area (Å²) in [6.07, 6.45) is 1.42. The molecule has 0 amide bonds. The summed E-state index contributed by atoms with van der Waals surface area (Å²) in [5.74, 6) is 0. The van der Waals surface area contributed by atoms with Gasteiger partial charge in [-0.05, 0) is 25.6 Å². The van der Waals surface area contributed by atoms with Gasteiger partial charge in [0.15, 0.2) is 6.29 Å². The Morgan fingerprint density at radius 3 is 2.47 bits per heavy atom. The van der Waals surface area contributed by atoms with Crippen LogP contribution in [-0.4, -0.2) is 49.0 Å². The average molecular weight is 267 g/mol. The molecule has 0 fully saturated rings. The lowest BCUT2D eigenvalue weighted by Crippen LogP contribution is -2.60. The Labute approximate surface area is 115 Å². The van der Waals surface area contributed by atoms with Gasteiger partial charge in [-0.1, -0.05) is 13.0 Å². The van der Waals surface area contributed by atoms with E-state index in [1.54, 1.807) is 20.4 Å². The molecule has 1 atom stereocenters. The Bertz CT molecular complexity index is 357. The number of methoxy groups -OCH3 is 2. The Balaban J connectivity index is 2.92. The highest BCUT2D eigenvalue weighted by Crippen LogP contribution is 2.23. The molecular weight excluding hydrogens is 242 g/mol. The highest BCUT2D eigenvalue weighted by atomic mass is 16.7. The zero-order valence-electron chi connectivity index (χ0n) is 12.3. The predicted molar refractivity (Wildman–Crippen MR) is 75.6 cm³/mol. The van der Waals surface area contributed by atoms with Crippen molar-refractivity contribution in [3.05, 3.63) is 30.1 Å². The molecule has 1 aromatic rings. The van der Waals surface area contributed by atoms with E-state index in [-0.39, 0.29) is 6.29 Å². The maximum absolute atomic E-state index is 5.97. The van der Waals surface area contributed by atoms with E-state index >= 15 is 0 Å². The van der Waals surface area contributed by atoms with Gasteiger partial charge in [-0.3, -0.25) is 9.88 Å². The molecule has 0 saturated heterocycles. The number of nitrogens with two attached hydrogens (primary N) is 1. The summed E-state index contributed by atoms with van der Waals surface area (Å²) in [7, 11) is 3.27. The quantitative estimate of drug-likeness (QED) is 0.718. The van der Waals surface area contributed by atoms with Crippen molar-refractivity contribution in [3.63, 3.8) is 0 Å². The van der Waals surface area contributed by atoms with Crippen LogP contribution in [0, 0.1) is 0 Å². The molecule has 5 nitrogen and oxygen atoms in total. The first-order valence-electron chi connectivity index (χ1n) is 6.53. The molecule has 0 aliphatic carbocycles. The van der Waals surface area contributed by atoms with Crippen LogP contribution in [0.3, 0.4) is 0 Å². The minimum atomic E-state index is -0.393. The molecule has 0 aliphatic heterocycles. The Morgan fingerprint density at radius 2 is 2.05 bits per heavy atom. The van der Waals surface area contributed by atoms with E-state index < -0.39 is 5.54 Å². The van der Waals surface area contributed by atoms with E-state index in [4.69, 9.17) is 15.2 Å². The second kappa shape index (κ2) is 7.55. The van der Waals surface area contributed by atoms with Crippen LogP contribution in [0.15, 0.2) is 24.4 Å². The van der Waals surface area contributed by atoms with E-state index in [1.807, 2.05) is 18.2 Å². The van der Waals surface area contributed by atoms with Gasteiger partial charge < -0.3 is 15.2 Å². The predicted octanol–water partition coefficient (Wildman–Crippen LogP) is 1.24. The van der Waals surface area contributed by atoms with Crippen molar-refractivity contribution in [2.24, 2.45) is 5.73 Å². The van der Waals surface area contributed by atoms with Crippen LogP contribution in [0.25, 0.3) is 0 Å². The molecule has 0 radical (unpaired) electrons. The number of nitrogens with zero attached hydrogens (tertiary/aromatic N) is 2. The lowest BCUT2D eigenvalue weighted by atomic mass is 9.98. The number of aromatic nitrogens is 1. The van der Waals surface area contributed by atoms with Crippen LogP contribution in [0.4, 0.5) is 0 Å². The molecule has 2 N–H and O–H groups in total. The van der Waals surface area contributed by atoms with Crippen LogP contribution < -0.4 is 5.73 Å². The maximum atomic E-state index is 5.97. The SMILES string of the molecule is CCN(Cc1ccccn1)C(C)(CN)C(OC)OC. The summed E-state index contributed by atoms with van der Waals surface area (Å²) in [5.41, 5.74) is 6.58. The van der Waals surface area contributed by atoms with E-state index in [2.05, 4.69) is 23.7 Å². The molecule has 1 unspecified atom stereocenters. The summed E-state index contributed by atoms with van der Waals surface area (Å²) in [5, 5.41) is 0. The number of ether oxygens (including phenoxy) is 2. The van der Waals surface area contributed by atoms with Gasteiger partial charge in [0.2, 0.25) is 0 Å². The normalized spacial score (nSPS) is 14.9. The second-order valence-electron chi connectivity index (χ2n) is 4.70. The molecule has 0 saturated carbocycles. The standard InChI is InChI=1S/C14H25N3O2/c1-5-17(10-12-8-6-7-9-16-12)14(2,11-15)13(18-3)19-4/h6-9,13H,5,10-11,15H2,1-4H3. The molecular formula is C14H25N3O2. The first-order chi connectivity index (χ1) is 9.12. The molecule has 0 aromatic carbocycles. The van der Waals surface area contributed by atoms with Gasteiger partial charge in [-0.2, -0.15) is 0 Å². The van der Waals surface area contributed by atoms with Crippen LogP contribution in [0.2, 0.25) is 0 Å². The van der Waals surface area contributed by atoms with E-state index in [9.17, 15) is 0 Å².